The molecular weight excluding hydrogens is 244 g/mol. The zero-order valence-corrected chi connectivity index (χ0v) is 10.5. The van der Waals surface area contributed by atoms with E-state index in [0.717, 1.165) is 23.6 Å². The Morgan fingerprint density at radius 3 is 2.78 bits per heavy atom. The first-order valence-corrected chi connectivity index (χ1v) is 6.94. The fraction of sp³-hybridized carbons (Fsp3) is 0.214. The summed E-state index contributed by atoms with van der Waals surface area (Å²) in [5.41, 5.74) is 3.17. The lowest BCUT2D eigenvalue weighted by Crippen LogP contribution is -2.29. The number of nitrogens with zero attached hydrogens (tertiary/aromatic N) is 1. The number of rotatable bonds is 0. The molecule has 1 unspecified atom stereocenters. The highest BCUT2D eigenvalue weighted by Gasteiger charge is 2.49. The van der Waals surface area contributed by atoms with E-state index in [0.29, 0.717) is 0 Å². The molecule has 4 heteroatoms. The molecule has 0 bridgehead atoms. The molecule has 0 aromatic heterocycles. The van der Waals surface area contributed by atoms with Crippen LogP contribution in [0.25, 0.3) is 10.8 Å². The molecule has 0 saturated carbocycles. The van der Waals surface area contributed by atoms with Gasteiger partial charge in [-0.05, 0) is 10.8 Å². The molecule has 2 aromatic carbocycles. The fourth-order valence-corrected chi connectivity index (χ4v) is 4.22. The van der Waals surface area contributed by atoms with Gasteiger partial charge >= 0.3 is 0 Å². The van der Waals surface area contributed by atoms with E-state index < -0.39 is 4.93 Å². The molecule has 1 spiro atoms. The number of hydrogen-bond acceptors (Lipinski definition) is 4. The Hall–Kier alpha value is -1.52. The third-order valence-electron chi connectivity index (χ3n) is 3.65. The van der Waals surface area contributed by atoms with E-state index in [1.807, 2.05) is 6.07 Å². The Kier molecular flexibility index (Phi) is 2.02. The number of fused-ring (bicyclic) bond motifs is 1. The second-order valence-corrected chi connectivity index (χ2v) is 5.77. The van der Waals surface area contributed by atoms with Gasteiger partial charge in [0.1, 0.15) is 5.71 Å². The van der Waals surface area contributed by atoms with E-state index in [1.165, 1.54) is 16.3 Å². The average Bonchev–Trinajstić information content (AvgIpc) is 2.98. The first kappa shape index (κ1) is 10.4. The molecule has 4 rings (SSSR count). The van der Waals surface area contributed by atoms with Crippen molar-refractivity contribution in [2.45, 2.75) is 4.93 Å². The molecule has 1 saturated heterocycles. The molecular formula is C14H12N2OS. The Labute approximate surface area is 109 Å². The van der Waals surface area contributed by atoms with Crippen LogP contribution in [0, 0.1) is 0 Å². The third kappa shape index (κ3) is 1.07. The summed E-state index contributed by atoms with van der Waals surface area (Å²) in [6.45, 7) is 0.744. The fourth-order valence-electron chi connectivity index (χ4n) is 2.98. The Morgan fingerprint density at radius 1 is 1.22 bits per heavy atom. The van der Waals surface area contributed by atoms with Gasteiger partial charge in [0.05, 0.1) is 6.61 Å². The molecule has 1 fully saturated rings. The summed E-state index contributed by atoms with van der Waals surface area (Å²) < 4.78 is 6.03. The van der Waals surface area contributed by atoms with E-state index in [-0.39, 0.29) is 0 Å². The van der Waals surface area contributed by atoms with E-state index in [4.69, 9.17) is 10.6 Å². The molecule has 1 aliphatic carbocycles. The van der Waals surface area contributed by atoms with Crippen LogP contribution in [0.15, 0.2) is 41.5 Å². The van der Waals surface area contributed by atoms with Gasteiger partial charge in [-0.1, -0.05) is 36.4 Å². The predicted molar refractivity (Wildman–Crippen MR) is 74.8 cm³/mol. The van der Waals surface area contributed by atoms with Crippen molar-refractivity contribution in [3.05, 3.63) is 47.5 Å². The normalized spacial score (nSPS) is 27.7. The first-order valence-electron chi connectivity index (χ1n) is 5.96. The average molecular weight is 256 g/mol. The number of nitrogens with two attached hydrogens (primary N) is 1. The van der Waals surface area contributed by atoms with Gasteiger partial charge in [-0.15, -0.1) is 11.8 Å². The SMILES string of the molecule is N/N=C1\c2cccc3cccc(c23)C12OCCS2. The number of hydrogen-bond donors (Lipinski definition) is 1. The van der Waals surface area contributed by atoms with Gasteiger partial charge < -0.3 is 10.6 Å². The summed E-state index contributed by atoms with van der Waals surface area (Å²) in [5, 5.41) is 6.49. The summed E-state index contributed by atoms with van der Waals surface area (Å²) in [6, 6.07) is 12.6. The zero-order chi connectivity index (χ0) is 12.2. The molecule has 2 N–H and O–H groups in total. The maximum Gasteiger partial charge on any atom is 0.184 e. The van der Waals surface area contributed by atoms with E-state index in [1.54, 1.807) is 11.8 Å². The monoisotopic (exact) mass is 256 g/mol. The predicted octanol–water partition coefficient (Wildman–Crippen LogP) is 2.43. The van der Waals surface area contributed by atoms with Crippen LogP contribution in [0.3, 0.4) is 0 Å². The number of hydrazone groups is 1. The van der Waals surface area contributed by atoms with Gasteiger partial charge in [0.25, 0.3) is 0 Å². The van der Waals surface area contributed by atoms with Gasteiger partial charge in [-0.25, -0.2) is 0 Å². The van der Waals surface area contributed by atoms with Gasteiger partial charge in [-0.2, -0.15) is 5.10 Å². The van der Waals surface area contributed by atoms with Crippen LogP contribution in [0.1, 0.15) is 11.1 Å². The Balaban J connectivity index is 2.16. The second-order valence-electron chi connectivity index (χ2n) is 4.50. The molecule has 0 amide bonds. The first-order chi connectivity index (χ1) is 8.87. The topological polar surface area (TPSA) is 47.6 Å². The van der Waals surface area contributed by atoms with Crippen LogP contribution in [-0.2, 0) is 9.67 Å². The highest BCUT2D eigenvalue weighted by Crippen LogP contribution is 2.52. The minimum Gasteiger partial charge on any atom is -0.353 e. The number of thioether (sulfide) groups is 1. The smallest absolute Gasteiger partial charge is 0.184 e. The van der Waals surface area contributed by atoms with Crippen molar-refractivity contribution in [3.63, 3.8) is 0 Å². The van der Waals surface area contributed by atoms with Crippen LogP contribution in [-0.4, -0.2) is 18.1 Å². The quantitative estimate of drug-likeness (QED) is 0.581. The Morgan fingerprint density at radius 2 is 2.06 bits per heavy atom. The van der Waals surface area contributed by atoms with Gasteiger partial charge in [0, 0.05) is 16.9 Å². The lowest BCUT2D eigenvalue weighted by Gasteiger charge is -2.23. The minimum atomic E-state index is -0.474. The molecule has 1 heterocycles. The van der Waals surface area contributed by atoms with Crippen molar-refractivity contribution in [1.29, 1.82) is 0 Å². The van der Waals surface area contributed by atoms with Crippen molar-refractivity contribution >= 4 is 28.2 Å². The lowest BCUT2D eigenvalue weighted by molar-refractivity contribution is 0.104. The summed E-state index contributed by atoms with van der Waals surface area (Å²) >= 11 is 1.78. The largest absolute Gasteiger partial charge is 0.353 e. The molecule has 3 nitrogen and oxygen atoms in total. The minimum absolute atomic E-state index is 0.474. The van der Waals surface area contributed by atoms with Crippen molar-refractivity contribution in [3.8, 4) is 0 Å². The van der Waals surface area contributed by atoms with E-state index in [9.17, 15) is 0 Å². The lowest BCUT2D eigenvalue weighted by atomic mass is 10.1. The van der Waals surface area contributed by atoms with Gasteiger partial charge in [0.2, 0.25) is 0 Å². The highest BCUT2D eigenvalue weighted by molar-refractivity contribution is 8.01. The second kappa shape index (κ2) is 3.49. The summed E-state index contributed by atoms with van der Waals surface area (Å²) in [5.74, 6) is 6.61. The van der Waals surface area contributed by atoms with Crippen molar-refractivity contribution in [1.82, 2.24) is 0 Å². The van der Waals surface area contributed by atoms with Gasteiger partial charge in [0.15, 0.2) is 4.93 Å². The van der Waals surface area contributed by atoms with E-state index >= 15 is 0 Å². The molecule has 2 aromatic rings. The van der Waals surface area contributed by atoms with Crippen LogP contribution in [0.5, 0.6) is 0 Å². The van der Waals surface area contributed by atoms with Crippen molar-refractivity contribution in [2.75, 3.05) is 12.4 Å². The summed E-state index contributed by atoms with van der Waals surface area (Å²) in [6.07, 6.45) is 0. The van der Waals surface area contributed by atoms with Crippen LogP contribution in [0.2, 0.25) is 0 Å². The van der Waals surface area contributed by atoms with E-state index in [2.05, 4.69) is 35.4 Å². The molecule has 0 radical (unpaired) electrons. The molecule has 1 atom stereocenters. The standard InChI is InChI=1S/C14H12N2OS/c15-16-13-10-5-1-3-9-4-2-6-11(12(9)10)14(13)17-7-8-18-14/h1-6H,7-8,15H2/b16-13+. The van der Waals surface area contributed by atoms with Crippen molar-refractivity contribution in [2.24, 2.45) is 10.9 Å². The van der Waals surface area contributed by atoms with Crippen LogP contribution >= 0.6 is 11.8 Å². The number of ether oxygens (including phenoxy) is 1. The summed E-state index contributed by atoms with van der Waals surface area (Å²) in [7, 11) is 0. The molecule has 1 aliphatic heterocycles. The molecule has 18 heavy (non-hydrogen) atoms. The maximum atomic E-state index is 6.03. The molecule has 2 aliphatic rings. The zero-order valence-electron chi connectivity index (χ0n) is 9.72. The van der Waals surface area contributed by atoms with Gasteiger partial charge in [-0.3, -0.25) is 0 Å². The summed E-state index contributed by atoms with van der Waals surface area (Å²) in [4.78, 5) is -0.474. The highest BCUT2D eigenvalue weighted by atomic mass is 32.2. The van der Waals surface area contributed by atoms with Crippen LogP contribution in [0.4, 0.5) is 0 Å². The maximum absolute atomic E-state index is 6.03. The molecule has 90 valence electrons. The van der Waals surface area contributed by atoms with Crippen molar-refractivity contribution < 1.29 is 4.74 Å². The van der Waals surface area contributed by atoms with Crippen LogP contribution < -0.4 is 5.84 Å². The third-order valence-corrected chi connectivity index (χ3v) is 4.96. The Bertz CT molecular complexity index is 669. The number of benzene rings is 2.